The van der Waals surface area contributed by atoms with Crippen molar-refractivity contribution in [1.29, 1.82) is 0 Å². The monoisotopic (exact) mass is 271 g/mol. The minimum atomic E-state index is -0.470. The Morgan fingerprint density at radius 3 is 2.78 bits per heavy atom. The Morgan fingerprint density at radius 2 is 2.11 bits per heavy atom. The van der Waals surface area contributed by atoms with Crippen LogP contribution in [-0.2, 0) is 11.3 Å². The molecule has 0 aromatic heterocycles. The van der Waals surface area contributed by atoms with Crippen LogP contribution in [0.15, 0.2) is 24.3 Å². The van der Waals surface area contributed by atoms with E-state index >= 15 is 0 Å². The predicted molar refractivity (Wildman–Crippen MR) is 74.8 cm³/mol. The van der Waals surface area contributed by atoms with Crippen molar-refractivity contribution in [2.75, 3.05) is 19.8 Å². The number of hydrogen-bond acceptors (Lipinski definition) is 3. The van der Waals surface area contributed by atoms with Crippen molar-refractivity contribution >= 4 is 11.6 Å². The molecule has 0 amide bonds. The minimum Gasteiger partial charge on any atom is -0.389 e. The van der Waals surface area contributed by atoms with E-state index in [1.807, 2.05) is 24.3 Å². The van der Waals surface area contributed by atoms with Crippen LogP contribution in [0.25, 0.3) is 0 Å². The zero-order valence-electron chi connectivity index (χ0n) is 11.0. The number of halogens is 1. The molecular formula is C14H22ClNO2. The van der Waals surface area contributed by atoms with Crippen LogP contribution in [0.4, 0.5) is 0 Å². The summed E-state index contributed by atoms with van der Waals surface area (Å²) in [5.41, 5.74) is 1.11. The maximum Gasteiger partial charge on any atom is 0.0897 e. The quantitative estimate of drug-likeness (QED) is 0.763. The molecule has 2 N–H and O–H groups in total. The summed E-state index contributed by atoms with van der Waals surface area (Å²) in [7, 11) is 0. The molecule has 0 heterocycles. The van der Waals surface area contributed by atoms with E-state index in [-0.39, 0.29) is 0 Å². The van der Waals surface area contributed by atoms with Gasteiger partial charge in [-0.1, -0.05) is 37.6 Å². The molecule has 4 heteroatoms. The van der Waals surface area contributed by atoms with E-state index in [1.165, 1.54) is 0 Å². The topological polar surface area (TPSA) is 41.5 Å². The average molecular weight is 272 g/mol. The first-order chi connectivity index (χ1) is 8.58. The fraction of sp³-hybridized carbons (Fsp3) is 0.571. The van der Waals surface area contributed by atoms with Crippen molar-refractivity contribution in [3.8, 4) is 0 Å². The molecule has 1 unspecified atom stereocenters. The summed E-state index contributed by atoms with van der Waals surface area (Å²) in [6.45, 7) is 6.45. The SMILES string of the molecule is CC(C)COCC(O)CNCc1cccc(Cl)c1. The number of hydrogen-bond donors (Lipinski definition) is 2. The standard InChI is InChI=1S/C14H22ClNO2/c1-11(2)9-18-10-14(17)8-16-7-12-4-3-5-13(15)6-12/h3-6,11,14,16-17H,7-10H2,1-2H3. The summed E-state index contributed by atoms with van der Waals surface area (Å²) in [6.07, 6.45) is -0.470. The molecule has 1 atom stereocenters. The molecule has 0 spiro atoms. The smallest absolute Gasteiger partial charge is 0.0897 e. The van der Waals surface area contributed by atoms with Crippen LogP contribution in [0.3, 0.4) is 0 Å². The molecule has 1 aromatic rings. The van der Waals surface area contributed by atoms with Gasteiger partial charge in [0.15, 0.2) is 0 Å². The van der Waals surface area contributed by atoms with Crippen molar-refractivity contribution in [3.05, 3.63) is 34.9 Å². The van der Waals surface area contributed by atoms with Crippen molar-refractivity contribution in [2.45, 2.75) is 26.5 Å². The third kappa shape index (κ3) is 6.97. The van der Waals surface area contributed by atoms with Crippen LogP contribution < -0.4 is 5.32 Å². The Hall–Kier alpha value is -0.610. The molecule has 0 aliphatic rings. The second-order valence-electron chi connectivity index (χ2n) is 4.85. The van der Waals surface area contributed by atoms with Gasteiger partial charge in [0.2, 0.25) is 0 Å². The first kappa shape index (κ1) is 15.4. The number of ether oxygens (including phenoxy) is 1. The number of benzene rings is 1. The lowest BCUT2D eigenvalue weighted by atomic mass is 10.2. The Balaban J connectivity index is 2.13. The summed E-state index contributed by atoms with van der Waals surface area (Å²) in [5.74, 6) is 0.497. The van der Waals surface area contributed by atoms with Crippen LogP contribution >= 0.6 is 11.6 Å². The number of aliphatic hydroxyl groups is 1. The van der Waals surface area contributed by atoms with Gasteiger partial charge in [-0.25, -0.2) is 0 Å². The van der Waals surface area contributed by atoms with E-state index in [4.69, 9.17) is 16.3 Å². The third-order valence-corrected chi connectivity index (χ3v) is 2.59. The molecule has 18 heavy (non-hydrogen) atoms. The fourth-order valence-electron chi connectivity index (χ4n) is 1.53. The highest BCUT2D eigenvalue weighted by molar-refractivity contribution is 6.30. The van der Waals surface area contributed by atoms with Gasteiger partial charge in [0.25, 0.3) is 0 Å². The maximum absolute atomic E-state index is 9.68. The molecule has 0 fully saturated rings. The largest absolute Gasteiger partial charge is 0.389 e. The van der Waals surface area contributed by atoms with Gasteiger partial charge < -0.3 is 15.2 Å². The molecule has 1 rings (SSSR count). The Kier molecular flexibility index (Phi) is 7.28. The van der Waals surface area contributed by atoms with Crippen molar-refractivity contribution < 1.29 is 9.84 Å². The van der Waals surface area contributed by atoms with E-state index in [2.05, 4.69) is 19.2 Å². The van der Waals surface area contributed by atoms with Gasteiger partial charge in [-0.3, -0.25) is 0 Å². The molecule has 0 aliphatic carbocycles. The van der Waals surface area contributed by atoms with Crippen molar-refractivity contribution in [1.82, 2.24) is 5.32 Å². The van der Waals surface area contributed by atoms with Crippen LogP contribution in [0, 0.1) is 5.92 Å². The van der Waals surface area contributed by atoms with E-state index in [0.717, 1.165) is 10.6 Å². The second-order valence-corrected chi connectivity index (χ2v) is 5.28. The van der Waals surface area contributed by atoms with Gasteiger partial charge in [-0.2, -0.15) is 0 Å². The van der Waals surface area contributed by atoms with E-state index in [9.17, 15) is 5.11 Å². The molecule has 0 saturated heterocycles. The predicted octanol–water partition coefficient (Wildman–Crippen LogP) is 2.46. The van der Waals surface area contributed by atoms with E-state index in [0.29, 0.717) is 32.2 Å². The molecule has 102 valence electrons. The van der Waals surface area contributed by atoms with Crippen molar-refractivity contribution in [3.63, 3.8) is 0 Å². The molecule has 0 aliphatic heterocycles. The first-order valence-electron chi connectivity index (χ1n) is 6.29. The van der Waals surface area contributed by atoms with Gasteiger partial charge in [-0.15, -0.1) is 0 Å². The zero-order valence-corrected chi connectivity index (χ0v) is 11.8. The van der Waals surface area contributed by atoms with Gasteiger partial charge in [0, 0.05) is 24.7 Å². The van der Waals surface area contributed by atoms with E-state index in [1.54, 1.807) is 0 Å². The lowest BCUT2D eigenvalue weighted by molar-refractivity contribution is 0.0260. The van der Waals surface area contributed by atoms with E-state index < -0.39 is 6.10 Å². The highest BCUT2D eigenvalue weighted by Crippen LogP contribution is 2.10. The lowest BCUT2D eigenvalue weighted by Gasteiger charge is -2.13. The first-order valence-corrected chi connectivity index (χ1v) is 6.66. The van der Waals surface area contributed by atoms with Gasteiger partial charge in [0.1, 0.15) is 0 Å². The van der Waals surface area contributed by atoms with Crippen molar-refractivity contribution in [2.24, 2.45) is 5.92 Å². The number of rotatable bonds is 8. The maximum atomic E-state index is 9.68. The summed E-state index contributed by atoms with van der Waals surface area (Å²) >= 11 is 5.89. The molecule has 1 aromatic carbocycles. The van der Waals surface area contributed by atoms with Crippen LogP contribution in [-0.4, -0.2) is 31.0 Å². The highest BCUT2D eigenvalue weighted by atomic mass is 35.5. The average Bonchev–Trinajstić information content (AvgIpc) is 2.28. The molecule has 3 nitrogen and oxygen atoms in total. The Labute approximate surface area is 114 Å². The van der Waals surface area contributed by atoms with Gasteiger partial charge in [-0.05, 0) is 23.6 Å². The minimum absolute atomic E-state index is 0.376. The summed E-state index contributed by atoms with van der Waals surface area (Å²) in [5, 5.41) is 13.6. The molecule has 0 saturated carbocycles. The van der Waals surface area contributed by atoms with Gasteiger partial charge >= 0.3 is 0 Å². The Morgan fingerprint density at radius 1 is 1.33 bits per heavy atom. The fourth-order valence-corrected chi connectivity index (χ4v) is 1.74. The summed E-state index contributed by atoms with van der Waals surface area (Å²) < 4.78 is 5.37. The van der Waals surface area contributed by atoms with Crippen LogP contribution in [0.5, 0.6) is 0 Å². The molecule has 0 radical (unpaired) electrons. The summed E-state index contributed by atoms with van der Waals surface area (Å²) in [4.78, 5) is 0. The van der Waals surface area contributed by atoms with Gasteiger partial charge in [0.05, 0.1) is 12.7 Å². The highest BCUT2D eigenvalue weighted by Gasteiger charge is 2.04. The molecular weight excluding hydrogens is 250 g/mol. The summed E-state index contributed by atoms with van der Waals surface area (Å²) in [6, 6.07) is 7.68. The second kappa shape index (κ2) is 8.48. The zero-order chi connectivity index (χ0) is 13.4. The number of aliphatic hydroxyl groups excluding tert-OH is 1. The third-order valence-electron chi connectivity index (χ3n) is 2.36. The van der Waals surface area contributed by atoms with Crippen LogP contribution in [0.2, 0.25) is 5.02 Å². The number of nitrogens with one attached hydrogen (secondary N) is 1. The Bertz CT molecular complexity index is 344. The molecule has 0 bridgehead atoms. The lowest BCUT2D eigenvalue weighted by Crippen LogP contribution is -2.30. The normalized spacial score (nSPS) is 12.9. The van der Waals surface area contributed by atoms with Crippen LogP contribution in [0.1, 0.15) is 19.4 Å².